The molecule has 0 spiro atoms. The van der Waals surface area contributed by atoms with Gasteiger partial charge in [-0.15, -0.1) is 0 Å². The third-order valence-corrected chi connectivity index (χ3v) is 5.46. The van der Waals surface area contributed by atoms with Gasteiger partial charge in [0.25, 0.3) is 0 Å². The highest BCUT2D eigenvalue weighted by Crippen LogP contribution is 2.35. The van der Waals surface area contributed by atoms with Crippen molar-refractivity contribution in [2.24, 2.45) is 0 Å². The number of benzene rings is 1. The second-order valence-corrected chi connectivity index (χ2v) is 7.48. The maximum absolute atomic E-state index is 5.83. The molecule has 1 saturated heterocycles. The molecule has 0 radical (unpaired) electrons. The Morgan fingerprint density at radius 1 is 1.11 bits per heavy atom. The van der Waals surface area contributed by atoms with Crippen LogP contribution in [0.2, 0.25) is 0 Å². The van der Waals surface area contributed by atoms with Gasteiger partial charge in [0, 0.05) is 37.2 Å². The molecule has 1 fully saturated rings. The van der Waals surface area contributed by atoms with E-state index in [2.05, 4.69) is 40.9 Å². The van der Waals surface area contributed by atoms with Crippen molar-refractivity contribution in [1.29, 1.82) is 0 Å². The number of pyridine rings is 1. The van der Waals surface area contributed by atoms with Gasteiger partial charge >= 0.3 is 0 Å². The molecule has 0 aliphatic carbocycles. The Labute approximate surface area is 173 Å². The number of aromatic nitrogens is 1. The van der Waals surface area contributed by atoms with Crippen LogP contribution in [0.3, 0.4) is 0 Å². The van der Waals surface area contributed by atoms with Crippen molar-refractivity contribution >= 4 is 0 Å². The fourth-order valence-electron chi connectivity index (χ4n) is 3.77. The van der Waals surface area contributed by atoms with Crippen molar-refractivity contribution < 1.29 is 31.2 Å². The summed E-state index contributed by atoms with van der Waals surface area (Å²) in [5.41, 5.74) is 1.40. The predicted molar refractivity (Wildman–Crippen MR) is 103 cm³/mol. The van der Waals surface area contributed by atoms with Crippen LogP contribution in [0.15, 0.2) is 42.7 Å². The second kappa shape index (κ2) is 9.99. The molecule has 5 nitrogen and oxygen atoms in total. The summed E-state index contributed by atoms with van der Waals surface area (Å²) in [5, 5.41) is 0. The summed E-state index contributed by atoms with van der Waals surface area (Å²) < 4.78 is 18.8. The first-order chi connectivity index (χ1) is 13.3. The largest absolute Gasteiger partial charge is 1.00 e. The number of hydrogen-bond acceptors (Lipinski definition) is 4. The molecule has 0 saturated carbocycles. The van der Waals surface area contributed by atoms with Gasteiger partial charge in [-0.25, -0.2) is 4.57 Å². The van der Waals surface area contributed by atoms with Gasteiger partial charge in [0.05, 0.1) is 6.61 Å². The monoisotopic (exact) mass is 404 g/mol. The van der Waals surface area contributed by atoms with Gasteiger partial charge in [0.2, 0.25) is 6.79 Å². The van der Waals surface area contributed by atoms with Crippen LogP contribution < -0.4 is 31.2 Å². The van der Waals surface area contributed by atoms with Crippen molar-refractivity contribution in [3.8, 4) is 17.2 Å². The molecule has 2 aliphatic rings. The summed E-state index contributed by atoms with van der Waals surface area (Å²) in [6, 6.07) is 10.9. The van der Waals surface area contributed by atoms with Gasteiger partial charge in [0.15, 0.2) is 30.4 Å². The molecule has 152 valence electrons. The number of nitrogens with zero attached hydrogens (tertiary/aromatic N) is 2. The molecular weight excluding hydrogens is 376 g/mol. The minimum absolute atomic E-state index is 0. The van der Waals surface area contributed by atoms with Crippen LogP contribution in [0.4, 0.5) is 0 Å². The van der Waals surface area contributed by atoms with Crippen LogP contribution in [0.1, 0.15) is 38.2 Å². The molecule has 0 bridgehead atoms. The maximum atomic E-state index is 5.83. The average molecular weight is 405 g/mol. The highest BCUT2D eigenvalue weighted by molar-refractivity contribution is 5.46. The summed E-state index contributed by atoms with van der Waals surface area (Å²) in [6.45, 7) is 6.57. The molecule has 1 aromatic heterocycles. The van der Waals surface area contributed by atoms with Gasteiger partial charge in [0.1, 0.15) is 5.75 Å². The van der Waals surface area contributed by atoms with Crippen LogP contribution in [-0.4, -0.2) is 30.9 Å². The minimum atomic E-state index is 0. The third-order valence-electron chi connectivity index (χ3n) is 5.46. The van der Waals surface area contributed by atoms with E-state index in [1.54, 1.807) is 0 Å². The Morgan fingerprint density at radius 3 is 2.75 bits per heavy atom. The second-order valence-electron chi connectivity index (χ2n) is 7.48. The van der Waals surface area contributed by atoms with Crippen molar-refractivity contribution in [2.75, 3.05) is 19.9 Å². The van der Waals surface area contributed by atoms with Crippen molar-refractivity contribution in [3.05, 3.63) is 48.3 Å². The fraction of sp³-hybridized carbons (Fsp3) is 0.500. The number of aryl methyl sites for hydroxylation is 1. The zero-order chi connectivity index (χ0) is 18.5. The van der Waals surface area contributed by atoms with Crippen LogP contribution in [0, 0.1) is 0 Å². The van der Waals surface area contributed by atoms with E-state index in [1.165, 1.54) is 31.4 Å². The summed E-state index contributed by atoms with van der Waals surface area (Å²) in [5.74, 6) is 2.38. The summed E-state index contributed by atoms with van der Waals surface area (Å²) >= 11 is 0. The van der Waals surface area contributed by atoms with Crippen LogP contribution in [0.5, 0.6) is 17.2 Å². The van der Waals surface area contributed by atoms with Gasteiger partial charge in [-0.3, -0.25) is 4.90 Å². The number of fused-ring (bicyclic) bond motifs is 1. The third kappa shape index (κ3) is 5.30. The zero-order valence-electron chi connectivity index (χ0n) is 16.5. The van der Waals surface area contributed by atoms with Crippen molar-refractivity contribution in [2.45, 2.75) is 51.7 Å². The lowest BCUT2D eigenvalue weighted by molar-refractivity contribution is -0.697. The number of rotatable bonds is 7. The summed E-state index contributed by atoms with van der Waals surface area (Å²) in [4.78, 5) is 2.60. The molecule has 3 heterocycles. The van der Waals surface area contributed by atoms with E-state index in [-0.39, 0.29) is 12.4 Å². The van der Waals surface area contributed by atoms with Crippen LogP contribution in [0.25, 0.3) is 0 Å². The Balaban J connectivity index is 0.00000225. The molecule has 1 unspecified atom stereocenters. The van der Waals surface area contributed by atoms with Gasteiger partial charge in [-0.2, -0.15) is 0 Å². The molecule has 6 heteroatoms. The Morgan fingerprint density at radius 2 is 1.93 bits per heavy atom. The van der Waals surface area contributed by atoms with Crippen molar-refractivity contribution in [1.82, 2.24) is 4.90 Å². The van der Waals surface area contributed by atoms with Crippen LogP contribution in [-0.2, 0) is 13.1 Å². The number of piperidine rings is 1. The standard InChI is InChI=1S/C22H29N2O3.ClH/c1-18-5-2-3-11-24(18)16-19-8-12-23(13-9-19)10-4-14-25-20-6-7-21-22(15-20)27-17-26-21;/h6-9,12-13,15,18H,2-5,10-11,14,16-17H2,1H3;1H/q+1;/p-1. The minimum Gasteiger partial charge on any atom is -1.00 e. The first-order valence-electron chi connectivity index (χ1n) is 10.0. The maximum Gasteiger partial charge on any atom is 0.231 e. The molecule has 1 aromatic carbocycles. The van der Waals surface area contributed by atoms with Crippen molar-refractivity contribution in [3.63, 3.8) is 0 Å². The molecule has 1 atom stereocenters. The highest BCUT2D eigenvalue weighted by atomic mass is 35.5. The number of halogens is 1. The first kappa shape index (κ1) is 20.7. The Kier molecular flexibility index (Phi) is 7.40. The lowest BCUT2D eigenvalue weighted by Crippen LogP contribution is -3.00. The molecule has 4 rings (SSSR count). The normalized spacial score (nSPS) is 18.5. The van der Waals surface area contributed by atoms with Gasteiger partial charge in [-0.1, -0.05) is 6.42 Å². The van der Waals surface area contributed by atoms with E-state index in [4.69, 9.17) is 14.2 Å². The molecule has 2 aliphatic heterocycles. The Hall–Kier alpha value is -1.98. The van der Waals surface area contributed by atoms with Gasteiger partial charge < -0.3 is 26.6 Å². The zero-order valence-corrected chi connectivity index (χ0v) is 17.2. The molecule has 0 amide bonds. The molecular formula is C22H29ClN2O3. The van der Waals surface area contributed by atoms with Crippen LogP contribution >= 0.6 is 0 Å². The van der Waals surface area contributed by atoms with E-state index in [9.17, 15) is 0 Å². The lowest BCUT2D eigenvalue weighted by Gasteiger charge is -2.33. The summed E-state index contributed by atoms with van der Waals surface area (Å²) in [6.07, 6.45) is 9.37. The van der Waals surface area contributed by atoms with E-state index >= 15 is 0 Å². The lowest BCUT2D eigenvalue weighted by atomic mass is 10.0. The number of ether oxygens (including phenoxy) is 3. The van der Waals surface area contributed by atoms with E-state index in [0.29, 0.717) is 19.4 Å². The summed E-state index contributed by atoms with van der Waals surface area (Å²) in [7, 11) is 0. The first-order valence-corrected chi connectivity index (χ1v) is 10.0. The highest BCUT2D eigenvalue weighted by Gasteiger charge is 2.18. The smallest absolute Gasteiger partial charge is 0.231 e. The average Bonchev–Trinajstić information content (AvgIpc) is 3.16. The van der Waals surface area contributed by atoms with E-state index in [0.717, 1.165) is 36.8 Å². The number of likely N-dealkylation sites (tertiary alicyclic amines) is 1. The van der Waals surface area contributed by atoms with E-state index in [1.807, 2.05) is 18.2 Å². The Bertz CT molecular complexity index is 754. The molecule has 0 N–H and O–H groups in total. The topological polar surface area (TPSA) is 34.8 Å². The predicted octanol–water partition coefficient (Wildman–Crippen LogP) is 0.550. The van der Waals surface area contributed by atoms with Gasteiger partial charge in [-0.05, 0) is 44.0 Å². The molecule has 2 aromatic rings. The molecule has 28 heavy (non-hydrogen) atoms. The SMILES string of the molecule is CC1CCCCN1Cc1cc[n+](CCCOc2ccc3c(c2)OCO3)cc1.[Cl-]. The number of hydrogen-bond donors (Lipinski definition) is 0. The van der Waals surface area contributed by atoms with E-state index < -0.39 is 0 Å². The fourth-order valence-corrected chi connectivity index (χ4v) is 3.77. The quantitative estimate of drug-likeness (QED) is 0.498.